The number of fused-ring (bicyclic) bond motifs is 1. The molecule has 142 valence electrons. The maximum absolute atomic E-state index is 13.3. The molecule has 6 heteroatoms. The van der Waals surface area contributed by atoms with Crippen LogP contribution in [0.4, 0.5) is 0 Å². The Balaban J connectivity index is 1.67. The number of aryl methyl sites for hydroxylation is 1. The summed E-state index contributed by atoms with van der Waals surface area (Å²) in [5.41, 5.74) is 3.66. The van der Waals surface area contributed by atoms with E-state index in [-0.39, 0.29) is 11.9 Å². The van der Waals surface area contributed by atoms with Crippen LogP contribution in [-0.2, 0) is 17.7 Å². The van der Waals surface area contributed by atoms with Crippen LogP contribution in [0.25, 0.3) is 0 Å². The lowest BCUT2D eigenvalue weighted by Gasteiger charge is -2.42. The highest BCUT2D eigenvalue weighted by molar-refractivity contribution is 5.92. The number of rotatable bonds is 3. The van der Waals surface area contributed by atoms with Crippen LogP contribution < -0.4 is 4.74 Å². The largest absolute Gasteiger partial charge is 0.497 e. The van der Waals surface area contributed by atoms with E-state index in [2.05, 4.69) is 22.1 Å². The molecule has 2 aromatic rings. The molecule has 1 aromatic heterocycles. The number of carbonyl (C=O) groups is 1. The van der Waals surface area contributed by atoms with Crippen LogP contribution in [0.15, 0.2) is 30.6 Å². The monoisotopic (exact) mass is 367 g/mol. The van der Waals surface area contributed by atoms with E-state index in [4.69, 9.17) is 9.47 Å². The molecule has 2 aliphatic rings. The highest BCUT2D eigenvalue weighted by Crippen LogP contribution is 2.34. The zero-order valence-corrected chi connectivity index (χ0v) is 15.9. The first-order valence-corrected chi connectivity index (χ1v) is 9.49. The predicted octanol–water partition coefficient (Wildman–Crippen LogP) is 2.79. The van der Waals surface area contributed by atoms with Gasteiger partial charge >= 0.3 is 0 Å². The van der Waals surface area contributed by atoms with Gasteiger partial charge in [-0.15, -0.1) is 0 Å². The highest BCUT2D eigenvalue weighted by atomic mass is 16.5. The molecule has 1 amide bonds. The third-order valence-electron chi connectivity index (χ3n) is 5.65. The van der Waals surface area contributed by atoms with Gasteiger partial charge in [0.25, 0.3) is 5.91 Å². The van der Waals surface area contributed by atoms with E-state index in [0.717, 1.165) is 43.9 Å². The molecule has 0 saturated carbocycles. The Morgan fingerprint density at radius 2 is 2.00 bits per heavy atom. The highest BCUT2D eigenvalue weighted by Gasteiger charge is 2.36. The van der Waals surface area contributed by atoms with E-state index < -0.39 is 0 Å². The molecule has 4 rings (SSSR count). The smallest absolute Gasteiger partial charge is 0.274 e. The second-order valence-corrected chi connectivity index (χ2v) is 7.33. The molecular weight excluding hydrogens is 342 g/mol. The van der Waals surface area contributed by atoms with E-state index in [1.807, 2.05) is 17.9 Å². The molecule has 0 aliphatic carbocycles. The topological polar surface area (TPSA) is 64.6 Å². The van der Waals surface area contributed by atoms with Gasteiger partial charge in [-0.3, -0.25) is 9.78 Å². The molecular formula is C21H25N3O3. The molecule has 2 aliphatic heterocycles. The summed E-state index contributed by atoms with van der Waals surface area (Å²) < 4.78 is 10.9. The lowest BCUT2D eigenvalue weighted by molar-refractivity contribution is 0.0177. The minimum Gasteiger partial charge on any atom is -0.497 e. The van der Waals surface area contributed by atoms with Crippen molar-refractivity contribution in [2.45, 2.75) is 38.8 Å². The van der Waals surface area contributed by atoms with Crippen molar-refractivity contribution in [2.24, 2.45) is 5.92 Å². The number of amides is 1. The molecule has 1 saturated heterocycles. The SMILES string of the molecule is COc1ccc2c(c1)C[C@H](C1CCOCC1)N(C(=O)c1cnc(C)cn1)C2. The van der Waals surface area contributed by atoms with Gasteiger partial charge in [-0.2, -0.15) is 0 Å². The first kappa shape index (κ1) is 17.9. The number of hydrogen-bond donors (Lipinski definition) is 0. The van der Waals surface area contributed by atoms with Crippen molar-refractivity contribution in [2.75, 3.05) is 20.3 Å². The van der Waals surface area contributed by atoms with Crippen molar-refractivity contribution < 1.29 is 14.3 Å². The van der Waals surface area contributed by atoms with E-state index in [1.165, 1.54) is 11.1 Å². The Bertz CT molecular complexity index is 816. The first-order chi connectivity index (χ1) is 13.2. The van der Waals surface area contributed by atoms with Gasteiger partial charge in [-0.05, 0) is 55.4 Å². The average molecular weight is 367 g/mol. The summed E-state index contributed by atoms with van der Waals surface area (Å²) in [5, 5.41) is 0. The quantitative estimate of drug-likeness (QED) is 0.835. The second-order valence-electron chi connectivity index (χ2n) is 7.33. The number of ether oxygens (including phenoxy) is 2. The van der Waals surface area contributed by atoms with Gasteiger partial charge in [0.15, 0.2) is 0 Å². The molecule has 0 unspecified atom stereocenters. The molecule has 1 aromatic carbocycles. The van der Waals surface area contributed by atoms with Gasteiger partial charge in [0, 0.05) is 32.0 Å². The minimum absolute atomic E-state index is 0.0412. The van der Waals surface area contributed by atoms with Crippen molar-refractivity contribution in [3.63, 3.8) is 0 Å². The summed E-state index contributed by atoms with van der Waals surface area (Å²) in [7, 11) is 1.69. The Hall–Kier alpha value is -2.47. The summed E-state index contributed by atoms with van der Waals surface area (Å²) in [6, 6.07) is 6.27. The number of methoxy groups -OCH3 is 1. The maximum Gasteiger partial charge on any atom is 0.274 e. The molecule has 0 bridgehead atoms. The fraction of sp³-hybridized carbons (Fsp3) is 0.476. The standard InChI is InChI=1S/C21H25N3O3/c1-14-11-23-19(12-22-14)21(25)24-13-16-3-4-18(26-2)9-17(16)10-20(24)15-5-7-27-8-6-15/h3-4,9,11-12,15,20H,5-8,10,13H2,1-2H3/t20-/m1/s1. The van der Waals surface area contributed by atoms with Gasteiger partial charge in [0.2, 0.25) is 0 Å². The van der Waals surface area contributed by atoms with E-state index in [0.29, 0.717) is 18.2 Å². The van der Waals surface area contributed by atoms with Crippen LogP contribution in [0, 0.1) is 12.8 Å². The Morgan fingerprint density at radius 3 is 2.70 bits per heavy atom. The van der Waals surface area contributed by atoms with Crippen LogP contribution in [0.2, 0.25) is 0 Å². The summed E-state index contributed by atoms with van der Waals surface area (Å²) in [6.45, 7) is 3.99. The fourth-order valence-corrected chi connectivity index (χ4v) is 4.10. The second kappa shape index (κ2) is 7.64. The molecule has 6 nitrogen and oxygen atoms in total. The Labute approximate surface area is 159 Å². The zero-order chi connectivity index (χ0) is 18.8. The summed E-state index contributed by atoms with van der Waals surface area (Å²) in [4.78, 5) is 23.8. The van der Waals surface area contributed by atoms with Gasteiger partial charge in [0.1, 0.15) is 11.4 Å². The van der Waals surface area contributed by atoms with Crippen molar-refractivity contribution in [1.82, 2.24) is 14.9 Å². The van der Waals surface area contributed by atoms with Gasteiger partial charge < -0.3 is 14.4 Å². The zero-order valence-electron chi connectivity index (χ0n) is 15.9. The summed E-state index contributed by atoms with van der Waals surface area (Å²) in [6.07, 6.45) is 6.03. The summed E-state index contributed by atoms with van der Waals surface area (Å²) in [5.74, 6) is 1.25. The minimum atomic E-state index is -0.0412. The van der Waals surface area contributed by atoms with Crippen LogP contribution in [-0.4, -0.2) is 47.1 Å². The fourth-order valence-electron chi connectivity index (χ4n) is 4.10. The van der Waals surface area contributed by atoms with Crippen LogP contribution in [0.5, 0.6) is 5.75 Å². The Kier molecular flexibility index (Phi) is 5.07. The number of nitrogens with zero attached hydrogens (tertiary/aromatic N) is 3. The lowest BCUT2D eigenvalue weighted by Crippen LogP contribution is -2.49. The number of carbonyl (C=O) groups excluding carboxylic acids is 1. The lowest BCUT2D eigenvalue weighted by atomic mass is 9.82. The van der Waals surface area contributed by atoms with Crippen molar-refractivity contribution in [3.8, 4) is 5.75 Å². The van der Waals surface area contributed by atoms with Gasteiger partial charge in [-0.25, -0.2) is 4.98 Å². The average Bonchev–Trinajstić information content (AvgIpc) is 2.73. The van der Waals surface area contributed by atoms with E-state index in [9.17, 15) is 4.79 Å². The number of hydrogen-bond acceptors (Lipinski definition) is 5. The maximum atomic E-state index is 13.3. The molecule has 0 radical (unpaired) electrons. The molecule has 0 spiro atoms. The predicted molar refractivity (Wildman–Crippen MR) is 101 cm³/mol. The van der Waals surface area contributed by atoms with E-state index >= 15 is 0 Å². The molecule has 1 fully saturated rings. The van der Waals surface area contributed by atoms with Crippen LogP contribution >= 0.6 is 0 Å². The van der Waals surface area contributed by atoms with Crippen molar-refractivity contribution in [3.05, 3.63) is 53.1 Å². The first-order valence-electron chi connectivity index (χ1n) is 9.49. The molecule has 1 atom stereocenters. The van der Waals surface area contributed by atoms with E-state index in [1.54, 1.807) is 19.5 Å². The van der Waals surface area contributed by atoms with Crippen molar-refractivity contribution >= 4 is 5.91 Å². The number of benzene rings is 1. The van der Waals surface area contributed by atoms with Crippen LogP contribution in [0.1, 0.15) is 40.2 Å². The van der Waals surface area contributed by atoms with Gasteiger partial charge in [0.05, 0.1) is 19.0 Å². The van der Waals surface area contributed by atoms with Crippen molar-refractivity contribution in [1.29, 1.82) is 0 Å². The molecule has 0 N–H and O–H groups in total. The third kappa shape index (κ3) is 3.67. The summed E-state index contributed by atoms with van der Waals surface area (Å²) >= 11 is 0. The molecule has 27 heavy (non-hydrogen) atoms. The number of aromatic nitrogens is 2. The van der Waals surface area contributed by atoms with Crippen LogP contribution in [0.3, 0.4) is 0 Å². The normalized spacial score (nSPS) is 20.2. The van der Waals surface area contributed by atoms with Gasteiger partial charge in [-0.1, -0.05) is 6.07 Å². The molecule has 3 heterocycles. The third-order valence-corrected chi connectivity index (χ3v) is 5.65. The Morgan fingerprint density at radius 1 is 1.19 bits per heavy atom.